The predicted octanol–water partition coefficient (Wildman–Crippen LogP) is 0.268. The van der Waals surface area contributed by atoms with Crippen molar-refractivity contribution in [1.29, 1.82) is 0 Å². The molecule has 3 rings (SSSR count). The molecule has 88 valence electrons. The molecule has 4 nitrogen and oxygen atoms in total. The summed E-state index contributed by atoms with van der Waals surface area (Å²) in [6, 6.07) is 5.47. The number of piperidine rings is 1. The van der Waals surface area contributed by atoms with E-state index in [1.54, 1.807) is 12.1 Å². The smallest absolute Gasteiger partial charge is 0.235 e. The maximum atomic E-state index is 12.7. The fraction of sp³-hybridized carbons (Fsp3) is 0.333. The fourth-order valence-corrected chi connectivity index (χ4v) is 2.37. The summed E-state index contributed by atoms with van der Waals surface area (Å²) < 4.78 is 12.7. The van der Waals surface area contributed by atoms with E-state index in [1.165, 1.54) is 17.0 Å². The van der Waals surface area contributed by atoms with Gasteiger partial charge in [0, 0.05) is 6.04 Å². The molecule has 2 amide bonds. The normalized spacial score (nSPS) is 30.7. The minimum atomic E-state index is -0.335. The van der Waals surface area contributed by atoms with Crippen molar-refractivity contribution < 1.29 is 14.0 Å². The minimum Gasteiger partial charge on any atom is -0.326 e. The van der Waals surface area contributed by atoms with Crippen molar-refractivity contribution in [1.82, 2.24) is 4.90 Å². The number of likely N-dealkylation sites (tertiary alicyclic amines) is 1. The van der Waals surface area contributed by atoms with E-state index in [-0.39, 0.29) is 42.1 Å². The Morgan fingerprint density at radius 1 is 1.12 bits per heavy atom. The van der Waals surface area contributed by atoms with Gasteiger partial charge in [-0.05, 0) is 17.7 Å². The molecule has 1 aliphatic heterocycles. The van der Waals surface area contributed by atoms with Gasteiger partial charge in [-0.15, -0.1) is 0 Å². The van der Waals surface area contributed by atoms with Gasteiger partial charge in [-0.3, -0.25) is 14.5 Å². The summed E-state index contributed by atoms with van der Waals surface area (Å²) in [4.78, 5) is 24.8. The molecule has 1 aromatic rings. The van der Waals surface area contributed by atoms with Crippen LogP contribution in [0.4, 0.5) is 4.39 Å². The molecule has 17 heavy (non-hydrogen) atoms. The summed E-state index contributed by atoms with van der Waals surface area (Å²) in [6.07, 6.45) is 0. The summed E-state index contributed by atoms with van der Waals surface area (Å²) in [7, 11) is 0. The van der Waals surface area contributed by atoms with Crippen LogP contribution in [0.3, 0.4) is 0 Å². The standard InChI is InChI=1S/C12H11FN2O2/c13-7-3-1-6(2-4-7)5-15-11(16)8-9(10(8)14)12(15)17/h1-4,8-10H,5,14H2. The van der Waals surface area contributed by atoms with Gasteiger partial charge < -0.3 is 5.73 Å². The van der Waals surface area contributed by atoms with Crippen LogP contribution in [0.15, 0.2) is 24.3 Å². The SMILES string of the molecule is NC1C2C(=O)N(Cc3ccc(F)cc3)C(=O)C12. The highest BCUT2D eigenvalue weighted by Gasteiger charge is 2.65. The summed E-state index contributed by atoms with van der Waals surface area (Å²) in [5, 5.41) is 0. The van der Waals surface area contributed by atoms with Gasteiger partial charge in [-0.25, -0.2) is 4.39 Å². The Labute approximate surface area is 97.2 Å². The molecular weight excluding hydrogens is 223 g/mol. The van der Waals surface area contributed by atoms with E-state index in [9.17, 15) is 14.0 Å². The second-order valence-electron chi connectivity index (χ2n) is 4.52. The van der Waals surface area contributed by atoms with Crippen LogP contribution in [0.25, 0.3) is 0 Å². The van der Waals surface area contributed by atoms with Gasteiger partial charge in [0.1, 0.15) is 5.82 Å². The van der Waals surface area contributed by atoms with Gasteiger partial charge in [0.2, 0.25) is 11.8 Å². The predicted molar refractivity (Wildman–Crippen MR) is 56.9 cm³/mol. The van der Waals surface area contributed by atoms with Crippen LogP contribution in [0, 0.1) is 17.7 Å². The second-order valence-corrected chi connectivity index (χ2v) is 4.52. The number of imide groups is 1. The average molecular weight is 234 g/mol. The molecule has 2 aliphatic rings. The second kappa shape index (κ2) is 3.37. The zero-order valence-electron chi connectivity index (χ0n) is 8.97. The number of nitrogens with zero attached hydrogens (tertiary/aromatic N) is 1. The summed E-state index contributed by atoms with van der Waals surface area (Å²) >= 11 is 0. The molecule has 1 aromatic carbocycles. The zero-order chi connectivity index (χ0) is 12.2. The Morgan fingerprint density at radius 2 is 1.65 bits per heavy atom. The Morgan fingerprint density at radius 3 is 2.18 bits per heavy atom. The number of carbonyl (C=O) groups is 2. The first kappa shape index (κ1) is 10.4. The fourth-order valence-electron chi connectivity index (χ4n) is 2.37. The summed E-state index contributed by atoms with van der Waals surface area (Å²) in [6.45, 7) is 0.206. The van der Waals surface area contributed by atoms with Crippen molar-refractivity contribution in [3.05, 3.63) is 35.6 Å². The van der Waals surface area contributed by atoms with Crippen LogP contribution in [0.5, 0.6) is 0 Å². The van der Waals surface area contributed by atoms with E-state index in [0.29, 0.717) is 0 Å². The third kappa shape index (κ3) is 1.46. The molecule has 1 saturated heterocycles. The Kier molecular flexibility index (Phi) is 2.06. The third-order valence-electron chi connectivity index (χ3n) is 3.43. The summed E-state index contributed by atoms with van der Waals surface area (Å²) in [5.41, 5.74) is 6.35. The number of fused-ring (bicyclic) bond motifs is 1. The number of rotatable bonds is 2. The lowest BCUT2D eigenvalue weighted by Crippen LogP contribution is -2.36. The molecule has 0 radical (unpaired) electrons. The van der Waals surface area contributed by atoms with Crippen LogP contribution in [-0.4, -0.2) is 22.8 Å². The molecule has 1 heterocycles. The molecule has 2 N–H and O–H groups in total. The molecule has 2 fully saturated rings. The number of hydrogen-bond donors (Lipinski definition) is 1. The molecular formula is C12H11FN2O2. The third-order valence-corrected chi connectivity index (χ3v) is 3.43. The van der Waals surface area contributed by atoms with E-state index in [1.807, 2.05) is 0 Å². The zero-order valence-corrected chi connectivity index (χ0v) is 8.97. The highest BCUT2D eigenvalue weighted by Crippen LogP contribution is 2.46. The Bertz CT molecular complexity index is 478. The molecule has 0 spiro atoms. The minimum absolute atomic E-state index is 0.197. The van der Waals surface area contributed by atoms with Crippen molar-refractivity contribution >= 4 is 11.8 Å². The molecule has 5 heteroatoms. The largest absolute Gasteiger partial charge is 0.326 e. The molecule has 1 saturated carbocycles. The maximum absolute atomic E-state index is 12.7. The van der Waals surface area contributed by atoms with Crippen molar-refractivity contribution in [2.24, 2.45) is 17.6 Å². The van der Waals surface area contributed by atoms with Gasteiger partial charge >= 0.3 is 0 Å². The van der Waals surface area contributed by atoms with Crippen LogP contribution in [0.1, 0.15) is 5.56 Å². The first-order valence-electron chi connectivity index (χ1n) is 5.45. The highest BCUT2D eigenvalue weighted by molar-refractivity contribution is 6.10. The summed E-state index contributed by atoms with van der Waals surface area (Å²) in [5.74, 6) is -1.36. The number of halogens is 1. The van der Waals surface area contributed by atoms with Gasteiger partial charge in [0.15, 0.2) is 0 Å². The van der Waals surface area contributed by atoms with E-state index in [4.69, 9.17) is 5.73 Å². The van der Waals surface area contributed by atoms with Gasteiger partial charge in [-0.2, -0.15) is 0 Å². The van der Waals surface area contributed by atoms with Crippen LogP contribution < -0.4 is 5.73 Å². The first-order chi connectivity index (χ1) is 8.09. The number of benzene rings is 1. The highest BCUT2D eigenvalue weighted by atomic mass is 19.1. The lowest BCUT2D eigenvalue weighted by molar-refractivity contribution is -0.142. The lowest BCUT2D eigenvalue weighted by atomic mass is 10.2. The molecule has 0 bridgehead atoms. The Hall–Kier alpha value is -1.75. The van der Waals surface area contributed by atoms with E-state index in [2.05, 4.69) is 0 Å². The molecule has 2 unspecified atom stereocenters. The molecule has 2 atom stereocenters. The van der Waals surface area contributed by atoms with Gasteiger partial charge in [0.05, 0.1) is 18.4 Å². The van der Waals surface area contributed by atoms with Gasteiger partial charge in [0.25, 0.3) is 0 Å². The van der Waals surface area contributed by atoms with Crippen LogP contribution in [0.2, 0.25) is 0 Å². The van der Waals surface area contributed by atoms with Crippen LogP contribution >= 0.6 is 0 Å². The number of amides is 2. The molecule has 1 aliphatic carbocycles. The Balaban J connectivity index is 1.77. The van der Waals surface area contributed by atoms with E-state index >= 15 is 0 Å². The number of carbonyl (C=O) groups excluding carboxylic acids is 2. The van der Waals surface area contributed by atoms with Crippen molar-refractivity contribution in [2.75, 3.05) is 0 Å². The maximum Gasteiger partial charge on any atom is 0.235 e. The topological polar surface area (TPSA) is 63.4 Å². The van der Waals surface area contributed by atoms with Crippen LogP contribution in [-0.2, 0) is 16.1 Å². The van der Waals surface area contributed by atoms with E-state index < -0.39 is 0 Å². The van der Waals surface area contributed by atoms with Gasteiger partial charge in [-0.1, -0.05) is 12.1 Å². The lowest BCUT2D eigenvalue weighted by Gasteiger charge is -2.17. The van der Waals surface area contributed by atoms with E-state index in [0.717, 1.165) is 5.56 Å². The monoisotopic (exact) mass is 234 g/mol. The number of nitrogens with two attached hydrogens (primary N) is 1. The van der Waals surface area contributed by atoms with Crippen molar-refractivity contribution in [3.8, 4) is 0 Å². The average Bonchev–Trinajstić information content (AvgIpc) is 2.90. The number of hydrogen-bond acceptors (Lipinski definition) is 3. The first-order valence-corrected chi connectivity index (χ1v) is 5.45. The molecule has 0 aromatic heterocycles. The quantitative estimate of drug-likeness (QED) is 0.747. The van der Waals surface area contributed by atoms with Crippen molar-refractivity contribution in [3.63, 3.8) is 0 Å². The van der Waals surface area contributed by atoms with Crippen molar-refractivity contribution in [2.45, 2.75) is 12.6 Å².